The molecule has 0 atom stereocenters. The summed E-state index contributed by atoms with van der Waals surface area (Å²) in [7, 11) is 0. The van der Waals surface area contributed by atoms with Crippen molar-refractivity contribution in [3.63, 3.8) is 0 Å². The summed E-state index contributed by atoms with van der Waals surface area (Å²) in [4.78, 5) is 18.4. The molecule has 0 saturated heterocycles. The van der Waals surface area contributed by atoms with Crippen LogP contribution in [0.5, 0.6) is 0 Å². The molecule has 0 saturated carbocycles. The van der Waals surface area contributed by atoms with Gasteiger partial charge >= 0.3 is 6.17 Å². The number of nitrogens with zero attached hydrogens (tertiary/aromatic N) is 2. The fourth-order valence-corrected chi connectivity index (χ4v) is 1.17. The first-order valence-electron chi connectivity index (χ1n) is 3.58. The molecule has 0 aliphatic carbocycles. The lowest BCUT2D eigenvalue weighted by molar-refractivity contribution is -0.743. The van der Waals surface area contributed by atoms with Gasteiger partial charge in [-0.15, -0.1) is 0 Å². The van der Waals surface area contributed by atoms with Crippen molar-refractivity contribution < 1.29 is 9.85 Å². The number of hydrogen-bond donors (Lipinski definition) is 0. The van der Waals surface area contributed by atoms with Crippen molar-refractivity contribution >= 4 is 34.8 Å². The molecular formula is C5H7Cl3N2O4. The van der Waals surface area contributed by atoms with Crippen LogP contribution in [0.1, 0.15) is 19.3 Å². The predicted molar refractivity (Wildman–Crippen MR) is 51.9 cm³/mol. The minimum atomic E-state index is -1.82. The maximum absolute atomic E-state index is 10.2. The zero-order valence-electron chi connectivity index (χ0n) is 6.86. The summed E-state index contributed by atoms with van der Waals surface area (Å²) < 4.78 is -1.52. The number of nitro groups is 2. The van der Waals surface area contributed by atoms with Crippen molar-refractivity contribution in [2.24, 2.45) is 0 Å². The minimum absolute atomic E-state index is 0.0514. The van der Waals surface area contributed by atoms with Crippen LogP contribution in [-0.4, -0.2) is 19.8 Å². The molecule has 0 aromatic heterocycles. The van der Waals surface area contributed by atoms with E-state index in [2.05, 4.69) is 0 Å². The van der Waals surface area contributed by atoms with Crippen LogP contribution in [0.15, 0.2) is 0 Å². The molecular weight excluding hydrogens is 258 g/mol. The fourth-order valence-electron chi connectivity index (χ4n) is 0.773. The molecule has 0 radical (unpaired) electrons. The molecule has 0 fully saturated rings. The van der Waals surface area contributed by atoms with E-state index in [9.17, 15) is 20.2 Å². The van der Waals surface area contributed by atoms with Gasteiger partial charge in [0.1, 0.15) is 0 Å². The second kappa shape index (κ2) is 5.53. The SMILES string of the molecule is O=[N+]([O-])C(CCCC(Cl)(Cl)Cl)[N+](=O)[O-]. The van der Waals surface area contributed by atoms with Crippen molar-refractivity contribution in [3.05, 3.63) is 20.2 Å². The van der Waals surface area contributed by atoms with Crippen molar-refractivity contribution in [3.8, 4) is 0 Å². The first-order chi connectivity index (χ1) is 6.24. The lowest BCUT2D eigenvalue weighted by Crippen LogP contribution is -2.28. The number of hydrogen-bond acceptors (Lipinski definition) is 4. The minimum Gasteiger partial charge on any atom is -0.259 e. The Morgan fingerprint density at radius 1 is 1.14 bits per heavy atom. The largest absolute Gasteiger partial charge is 0.450 e. The lowest BCUT2D eigenvalue weighted by atomic mass is 10.2. The molecule has 0 aromatic carbocycles. The summed E-state index contributed by atoms with van der Waals surface area (Å²) in [6.45, 7) is 0. The third-order valence-corrected chi connectivity index (χ3v) is 1.98. The quantitative estimate of drug-likeness (QED) is 0.330. The average Bonchev–Trinajstić information content (AvgIpc) is 1.94. The van der Waals surface area contributed by atoms with Gasteiger partial charge in [0.05, 0.1) is 16.3 Å². The highest BCUT2D eigenvalue weighted by Gasteiger charge is 2.32. The molecule has 0 rings (SSSR count). The first kappa shape index (κ1) is 13.7. The third-order valence-electron chi connectivity index (χ3n) is 1.41. The van der Waals surface area contributed by atoms with E-state index in [0.29, 0.717) is 0 Å². The van der Waals surface area contributed by atoms with Gasteiger partial charge in [-0.2, -0.15) is 0 Å². The van der Waals surface area contributed by atoms with E-state index < -0.39 is 19.8 Å². The Balaban J connectivity index is 3.97. The number of halogens is 3. The molecule has 14 heavy (non-hydrogen) atoms. The van der Waals surface area contributed by atoms with Gasteiger partial charge in [0.15, 0.2) is 3.79 Å². The smallest absolute Gasteiger partial charge is 0.259 e. The topological polar surface area (TPSA) is 86.3 Å². The second-order valence-corrected chi connectivity index (χ2v) is 5.07. The highest BCUT2D eigenvalue weighted by atomic mass is 35.6. The summed E-state index contributed by atoms with van der Waals surface area (Å²) in [5, 5.41) is 20.3. The first-order valence-corrected chi connectivity index (χ1v) is 4.71. The molecule has 0 unspecified atom stereocenters. The molecule has 0 bridgehead atoms. The van der Waals surface area contributed by atoms with Gasteiger partial charge in [-0.25, -0.2) is 0 Å². The standard InChI is InChI=1S/C5H7Cl3N2O4/c6-5(7,8)3-1-2-4(9(11)12)10(13)14/h4H,1-3H2. The van der Waals surface area contributed by atoms with E-state index >= 15 is 0 Å². The van der Waals surface area contributed by atoms with Crippen LogP contribution in [0, 0.1) is 20.2 Å². The van der Waals surface area contributed by atoms with Crippen LogP contribution in [0.4, 0.5) is 0 Å². The highest BCUT2D eigenvalue weighted by Crippen LogP contribution is 2.32. The molecule has 0 aliphatic heterocycles. The Labute approximate surface area is 94.4 Å². The maximum Gasteiger partial charge on any atom is 0.450 e. The van der Waals surface area contributed by atoms with Crippen LogP contribution < -0.4 is 0 Å². The summed E-state index contributed by atoms with van der Waals surface area (Å²) in [5.41, 5.74) is 0. The second-order valence-electron chi connectivity index (χ2n) is 2.56. The maximum atomic E-state index is 10.2. The van der Waals surface area contributed by atoms with Gasteiger partial charge in [-0.05, 0) is 12.8 Å². The molecule has 82 valence electrons. The molecule has 0 amide bonds. The third kappa shape index (κ3) is 6.17. The van der Waals surface area contributed by atoms with Crippen molar-refractivity contribution in [1.82, 2.24) is 0 Å². The monoisotopic (exact) mass is 264 g/mol. The van der Waals surface area contributed by atoms with E-state index in [1.54, 1.807) is 0 Å². The Hall–Kier alpha value is -0.330. The molecule has 0 N–H and O–H groups in total. The lowest BCUT2D eigenvalue weighted by Gasteiger charge is -2.09. The van der Waals surface area contributed by atoms with Crippen LogP contribution in [0.2, 0.25) is 0 Å². The van der Waals surface area contributed by atoms with Crippen molar-refractivity contribution in [2.75, 3.05) is 0 Å². The van der Waals surface area contributed by atoms with Gasteiger partial charge in [0.25, 0.3) is 0 Å². The molecule has 0 aliphatic rings. The van der Waals surface area contributed by atoms with Crippen molar-refractivity contribution in [1.29, 1.82) is 0 Å². The average molecular weight is 265 g/mol. The number of alkyl halides is 3. The van der Waals surface area contributed by atoms with Gasteiger partial charge < -0.3 is 0 Å². The molecule has 0 aromatic rings. The molecule has 0 heterocycles. The van der Waals surface area contributed by atoms with E-state index in [0.717, 1.165) is 0 Å². The highest BCUT2D eigenvalue weighted by molar-refractivity contribution is 6.67. The number of rotatable bonds is 5. The van der Waals surface area contributed by atoms with E-state index in [1.807, 2.05) is 0 Å². The fraction of sp³-hybridized carbons (Fsp3) is 1.00. The summed E-state index contributed by atoms with van der Waals surface area (Å²) in [6, 6.07) is 0. The van der Waals surface area contributed by atoms with Gasteiger partial charge in [0.2, 0.25) is 0 Å². The molecule has 9 heteroatoms. The Kier molecular flexibility index (Phi) is 5.40. The van der Waals surface area contributed by atoms with Crippen LogP contribution in [0.25, 0.3) is 0 Å². The molecule has 6 nitrogen and oxygen atoms in total. The van der Waals surface area contributed by atoms with Gasteiger partial charge in [-0.1, -0.05) is 34.8 Å². The van der Waals surface area contributed by atoms with Crippen LogP contribution >= 0.6 is 34.8 Å². The zero-order chi connectivity index (χ0) is 11.4. The summed E-state index contributed by atoms with van der Waals surface area (Å²) >= 11 is 16.1. The Morgan fingerprint density at radius 3 is 1.86 bits per heavy atom. The Bertz CT molecular complexity index is 216. The van der Waals surface area contributed by atoms with E-state index in [4.69, 9.17) is 34.8 Å². The van der Waals surface area contributed by atoms with Gasteiger partial charge in [0, 0.05) is 0 Å². The predicted octanol–water partition coefficient (Wildman–Crippen LogP) is 2.41. The Morgan fingerprint density at radius 2 is 1.57 bits per heavy atom. The summed E-state index contributed by atoms with van der Waals surface area (Å²) in [5.74, 6) is 0. The summed E-state index contributed by atoms with van der Waals surface area (Å²) in [6.07, 6.45) is -1.89. The van der Waals surface area contributed by atoms with E-state index in [-0.39, 0.29) is 19.3 Å². The van der Waals surface area contributed by atoms with Crippen LogP contribution in [-0.2, 0) is 0 Å². The van der Waals surface area contributed by atoms with Crippen molar-refractivity contribution in [2.45, 2.75) is 29.2 Å². The zero-order valence-corrected chi connectivity index (χ0v) is 9.13. The van der Waals surface area contributed by atoms with E-state index in [1.165, 1.54) is 0 Å². The molecule has 0 spiro atoms. The van der Waals surface area contributed by atoms with Crippen LogP contribution in [0.3, 0.4) is 0 Å². The van der Waals surface area contributed by atoms with Gasteiger partial charge in [-0.3, -0.25) is 20.2 Å². The normalized spacial score (nSPS) is 11.7.